The Morgan fingerprint density at radius 1 is 1.35 bits per heavy atom. The number of nitrogens with zero attached hydrogens (tertiary/aromatic N) is 6. The van der Waals surface area contributed by atoms with Crippen LogP contribution in [-0.4, -0.2) is 62.2 Å². The molecule has 0 bridgehead atoms. The van der Waals surface area contributed by atoms with Gasteiger partial charge in [-0.1, -0.05) is 19.4 Å². The minimum Gasteiger partial charge on any atom is -0.486 e. The molecule has 208 valence electrons. The normalized spacial score (nSPS) is 15.3. The van der Waals surface area contributed by atoms with Gasteiger partial charge in [-0.2, -0.15) is 5.26 Å². The molecule has 10 nitrogen and oxygen atoms in total. The number of carbonyl (C=O) groups excluding carboxylic acids is 1. The Labute approximate surface area is 234 Å². The first kappa shape index (κ1) is 27.5. The van der Waals surface area contributed by atoms with Gasteiger partial charge < -0.3 is 18.9 Å². The van der Waals surface area contributed by atoms with Crippen molar-refractivity contribution in [2.24, 2.45) is 0 Å². The Bertz CT molecular complexity index is 1640. The van der Waals surface area contributed by atoms with Crippen molar-refractivity contribution in [3.63, 3.8) is 0 Å². The molecule has 5 rings (SSSR count). The van der Waals surface area contributed by atoms with E-state index < -0.39 is 5.82 Å². The van der Waals surface area contributed by atoms with E-state index in [1.807, 2.05) is 19.9 Å². The number of morpholine rings is 1. The minimum absolute atomic E-state index is 0.0236. The van der Waals surface area contributed by atoms with Crippen molar-refractivity contribution in [1.29, 1.82) is 5.26 Å². The Morgan fingerprint density at radius 2 is 2.20 bits per heavy atom. The monoisotopic (exact) mass is 564 g/mol. The maximum absolute atomic E-state index is 13.6. The van der Waals surface area contributed by atoms with Crippen LogP contribution in [0.1, 0.15) is 42.7 Å². The predicted molar refractivity (Wildman–Crippen MR) is 147 cm³/mol. The first-order chi connectivity index (χ1) is 19.4. The molecular formula is C28H29FN6O4S. The molecule has 0 spiro atoms. The van der Waals surface area contributed by atoms with Gasteiger partial charge >= 0.3 is 5.56 Å². The van der Waals surface area contributed by atoms with E-state index in [4.69, 9.17) is 14.5 Å². The predicted octanol–water partition coefficient (Wildman–Crippen LogP) is 3.65. The van der Waals surface area contributed by atoms with Gasteiger partial charge in [0.2, 0.25) is 17.4 Å². The van der Waals surface area contributed by atoms with Crippen LogP contribution in [0.5, 0.6) is 5.75 Å². The molecule has 3 aromatic heterocycles. The number of amides is 1. The fourth-order valence-electron chi connectivity index (χ4n) is 4.56. The summed E-state index contributed by atoms with van der Waals surface area (Å²) < 4.78 is 28.1. The van der Waals surface area contributed by atoms with Crippen LogP contribution in [-0.2, 0) is 22.5 Å². The fourth-order valence-corrected chi connectivity index (χ4v) is 5.48. The number of carbonyl (C=O) groups is 1. The summed E-state index contributed by atoms with van der Waals surface area (Å²) in [5.74, 6) is -0.157. The number of benzene rings is 1. The highest BCUT2D eigenvalue weighted by Crippen LogP contribution is 2.31. The number of thiazole rings is 1. The van der Waals surface area contributed by atoms with Crippen molar-refractivity contribution in [3.05, 3.63) is 69.0 Å². The van der Waals surface area contributed by atoms with E-state index in [2.05, 4.69) is 4.98 Å². The molecule has 1 atom stereocenters. The lowest BCUT2D eigenvalue weighted by molar-refractivity contribution is -0.138. The Balaban J connectivity index is 1.50. The van der Waals surface area contributed by atoms with E-state index in [9.17, 15) is 19.2 Å². The third kappa shape index (κ3) is 5.76. The van der Waals surface area contributed by atoms with Crippen molar-refractivity contribution in [1.82, 2.24) is 23.8 Å². The standard InChI is InChI=1S/C28H29FN6O4S/c1-3-4-10-39-25-24(26-31-15-22(40-26)13-19-5-6-21(29)12-20(19)14-30)32-28-34(7-8-35(28)27(25)37)17-23(36)33-9-11-38-18(2)16-33/h5-8,12,15,18H,3-4,9-11,13,16-17H2,1-2H3/t18-/m0/s1. The molecule has 1 aliphatic heterocycles. The molecule has 0 saturated carbocycles. The van der Waals surface area contributed by atoms with Crippen LogP contribution in [0.4, 0.5) is 4.39 Å². The molecule has 4 aromatic rings. The zero-order valence-electron chi connectivity index (χ0n) is 22.3. The van der Waals surface area contributed by atoms with Crippen LogP contribution in [0.3, 0.4) is 0 Å². The molecule has 1 saturated heterocycles. The van der Waals surface area contributed by atoms with Crippen molar-refractivity contribution < 1.29 is 18.7 Å². The van der Waals surface area contributed by atoms with Gasteiger partial charge in [-0.25, -0.2) is 18.8 Å². The minimum atomic E-state index is -0.471. The van der Waals surface area contributed by atoms with E-state index in [0.29, 0.717) is 54.8 Å². The molecule has 0 N–H and O–H groups in total. The molecule has 1 amide bonds. The van der Waals surface area contributed by atoms with Crippen molar-refractivity contribution in [3.8, 4) is 22.5 Å². The second kappa shape index (κ2) is 12.0. The van der Waals surface area contributed by atoms with Gasteiger partial charge in [0.25, 0.3) is 0 Å². The van der Waals surface area contributed by atoms with Crippen molar-refractivity contribution in [2.45, 2.75) is 45.8 Å². The number of ether oxygens (including phenoxy) is 2. The van der Waals surface area contributed by atoms with Crippen molar-refractivity contribution in [2.75, 3.05) is 26.3 Å². The van der Waals surface area contributed by atoms with E-state index in [0.717, 1.165) is 17.7 Å². The van der Waals surface area contributed by atoms with Gasteiger partial charge in [0.15, 0.2) is 5.69 Å². The topological polar surface area (TPSA) is 115 Å². The number of nitriles is 1. The molecule has 12 heteroatoms. The molecule has 40 heavy (non-hydrogen) atoms. The third-order valence-electron chi connectivity index (χ3n) is 6.66. The molecule has 0 radical (unpaired) electrons. The Morgan fingerprint density at radius 3 is 2.98 bits per heavy atom. The van der Waals surface area contributed by atoms with Gasteiger partial charge in [0.05, 0.1) is 31.0 Å². The van der Waals surface area contributed by atoms with E-state index in [1.54, 1.807) is 34.1 Å². The lowest BCUT2D eigenvalue weighted by Crippen LogP contribution is -2.45. The SMILES string of the molecule is CCCCOc1c(-c2ncc(Cc3ccc(F)cc3C#N)s2)nc2n(CC(=O)N3CCO[C@@H](C)C3)ccn2c1=O. The number of rotatable bonds is 9. The zero-order chi connectivity index (χ0) is 28.2. The number of unbranched alkanes of at least 4 members (excludes halogenated alkanes) is 1. The number of hydrogen-bond acceptors (Lipinski definition) is 8. The first-order valence-electron chi connectivity index (χ1n) is 13.1. The fraction of sp³-hybridized carbons (Fsp3) is 0.393. The highest BCUT2D eigenvalue weighted by Gasteiger charge is 2.24. The average molecular weight is 565 g/mol. The summed E-state index contributed by atoms with van der Waals surface area (Å²) in [6.07, 6.45) is 6.90. The lowest BCUT2D eigenvalue weighted by Gasteiger charge is -2.31. The quantitative estimate of drug-likeness (QED) is 0.285. The smallest absolute Gasteiger partial charge is 0.302 e. The van der Waals surface area contributed by atoms with Crippen LogP contribution in [0, 0.1) is 17.1 Å². The average Bonchev–Trinajstić information content (AvgIpc) is 3.58. The van der Waals surface area contributed by atoms with Gasteiger partial charge in [-0.05, 0) is 31.0 Å². The Hall–Kier alpha value is -4.08. The van der Waals surface area contributed by atoms with Gasteiger partial charge in [-0.3, -0.25) is 9.59 Å². The van der Waals surface area contributed by atoms with Gasteiger partial charge in [-0.15, -0.1) is 11.3 Å². The number of imidazole rings is 1. The number of aromatic nitrogens is 4. The lowest BCUT2D eigenvalue weighted by atomic mass is 10.1. The first-order valence-corrected chi connectivity index (χ1v) is 14.0. The summed E-state index contributed by atoms with van der Waals surface area (Å²) in [6, 6.07) is 6.15. The van der Waals surface area contributed by atoms with Crippen LogP contribution < -0.4 is 10.3 Å². The highest BCUT2D eigenvalue weighted by atomic mass is 32.1. The van der Waals surface area contributed by atoms with Crippen LogP contribution in [0.15, 0.2) is 41.6 Å². The molecule has 0 unspecified atom stereocenters. The number of fused-ring (bicyclic) bond motifs is 1. The molecular weight excluding hydrogens is 535 g/mol. The summed E-state index contributed by atoms with van der Waals surface area (Å²) in [5.41, 5.74) is 0.842. The van der Waals surface area contributed by atoms with Gasteiger partial charge in [0, 0.05) is 43.0 Å². The van der Waals surface area contributed by atoms with Crippen LogP contribution >= 0.6 is 11.3 Å². The summed E-state index contributed by atoms with van der Waals surface area (Å²) in [5, 5.41) is 9.89. The van der Waals surface area contributed by atoms with E-state index in [1.165, 1.54) is 27.9 Å². The molecule has 0 aliphatic carbocycles. The summed E-state index contributed by atoms with van der Waals surface area (Å²) in [4.78, 5) is 38.5. The maximum Gasteiger partial charge on any atom is 0.302 e. The maximum atomic E-state index is 13.6. The number of hydrogen-bond donors (Lipinski definition) is 0. The molecule has 1 aliphatic rings. The second-order valence-electron chi connectivity index (χ2n) is 9.64. The molecule has 1 aromatic carbocycles. The van der Waals surface area contributed by atoms with E-state index in [-0.39, 0.29) is 35.4 Å². The number of halogens is 1. The second-order valence-corrected chi connectivity index (χ2v) is 10.8. The molecule has 1 fully saturated rings. The summed E-state index contributed by atoms with van der Waals surface area (Å²) >= 11 is 1.32. The summed E-state index contributed by atoms with van der Waals surface area (Å²) in [7, 11) is 0. The Kier molecular flexibility index (Phi) is 8.23. The highest BCUT2D eigenvalue weighted by molar-refractivity contribution is 7.15. The van der Waals surface area contributed by atoms with Crippen molar-refractivity contribution >= 4 is 23.0 Å². The summed E-state index contributed by atoms with van der Waals surface area (Å²) in [6.45, 7) is 5.84. The zero-order valence-corrected chi connectivity index (χ0v) is 23.1. The largest absolute Gasteiger partial charge is 0.486 e. The van der Waals surface area contributed by atoms with E-state index >= 15 is 0 Å². The van der Waals surface area contributed by atoms with Gasteiger partial charge in [0.1, 0.15) is 17.4 Å². The van der Waals surface area contributed by atoms with Crippen LogP contribution in [0.25, 0.3) is 16.5 Å². The van der Waals surface area contributed by atoms with Crippen LogP contribution in [0.2, 0.25) is 0 Å². The third-order valence-corrected chi connectivity index (χ3v) is 7.67. The molecule has 4 heterocycles.